The van der Waals surface area contributed by atoms with Gasteiger partial charge in [0.05, 0.1) is 5.75 Å². The number of hydrogen-bond acceptors (Lipinski definition) is 5. The van der Waals surface area contributed by atoms with Crippen LogP contribution in [0.15, 0.2) is 42.1 Å². The molecular formula is C17H20N4O2S. The molecule has 0 aliphatic heterocycles. The van der Waals surface area contributed by atoms with Crippen LogP contribution < -0.4 is 5.32 Å². The quantitative estimate of drug-likeness (QED) is 0.452. The normalized spacial score (nSPS) is 10.4. The van der Waals surface area contributed by atoms with Gasteiger partial charge in [0.1, 0.15) is 5.82 Å². The number of Topliss-reactive ketones (excluding diaryl/α,β-unsaturated/α-hetero) is 1. The SMILES string of the molecule is C=CCn1c(CC)nnc1SCC(=O)Nc1cccc(C(C)=O)c1. The second-order valence-electron chi connectivity index (χ2n) is 5.13. The highest BCUT2D eigenvalue weighted by atomic mass is 32.2. The predicted molar refractivity (Wildman–Crippen MR) is 95.4 cm³/mol. The van der Waals surface area contributed by atoms with Gasteiger partial charge in [0.15, 0.2) is 10.9 Å². The van der Waals surface area contributed by atoms with Crippen LogP contribution >= 0.6 is 11.8 Å². The maximum Gasteiger partial charge on any atom is 0.234 e. The average Bonchev–Trinajstić information content (AvgIpc) is 2.95. The summed E-state index contributed by atoms with van der Waals surface area (Å²) in [5.74, 6) is 0.882. The second-order valence-corrected chi connectivity index (χ2v) is 6.07. The monoisotopic (exact) mass is 344 g/mol. The van der Waals surface area contributed by atoms with E-state index in [9.17, 15) is 9.59 Å². The Morgan fingerprint density at radius 3 is 2.83 bits per heavy atom. The molecule has 0 bridgehead atoms. The van der Waals surface area contributed by atoms with E-state index >= 15 is 0 Å². The number of nitrogens with zero attached hydrogens (tertiary/aromatic N) is 3. The first-order valence-corrected chi connectivity index (χ1v) is 8.60. The highest BCUT2D eigenvalue weighted by Gasteiger charge is 2.12. The number of ketones is 1. The predicted octanol–water partition coefficient (Wildman–Crippen LogP) is 2.96. The first kappa shape index (κ1) is 17.9. The van der Waals surface area contributed by atoms with Crippen LogP contribution in [0.3, 0.4) is 0 Å². The lowest BCUT2D eigenvalue weighted by Gasteiger charge is -2.08. The summed E-state index contributed by atoms with van der Waals surface area (Å²) < 4.78 is 1.95. The van der Waals surface area contributed by atoms with E-state index in [1.165, 1.54) is 18.7 Å². The van der Waals surface area contributed by atoms with E-state index in [0.29, 0.717) is 23.0 Å². The molecule has 24 heavy (non-hydrogen) atoms. The van der Waals surface area contributed by atoms with Gasteiger partial charge in [-0.15, -0.1) is 16.8 Å². The van der Waals surface area contributed by atoms with Crippen molar-refractivity contribution in [2.45, 2.75) is 32.0 Å². The Morgan fingerprint density at radius 1 is 1.38 bits per heavy atom. The molecule has 0 saturated carbocycles. The first-order valence-electron chi connectivity index (χ1n) is 7.61. The molecule has 0 saturated heterocycles. The average molecular weight is 344 g/mol. The van der Waals surface area contributed by atoms with Gasteiger partial charge in [-0.3, -0.25) is 9.59 Å². The summed E-state index contributed by atoms with van der Waals surface area (Å²) in [6.07, 6.45) is 2.55. The highest BCUT2D eigenvalue weighted by molar-refractivity contribution is 7.99. The molecule has 0 atom stereocenters. The van der Waals surface area contributed by atoms with Crippen molar-refractivity contribution in [3.05, 3.63) is 48.3 Å². The van der Waals surface area contributed by atoms with Gasteiger partial charge >= 0.3 is 0 Å². The molecule has 0 aliphatic rings. The van der Waals surface area contributed by atoms with Gasteiger partial charge in [0, 0.05) is 24.2 Å². The van der Waals surface area contributed by atoms with Crippen LogP contribution in [-0.2, 0) is 17.8 Å². The third kappa shape index (κ3) is 4.55. The van der Waals surface area contributed by atoms with Crippen LogP contribution in [0.4, 0.5) is 5.69 Å². The molecule has 2 aromatic rings. The van der Waals surface area contributed by atoms with Gasteiger partial charge in [-0.05, 0) is 19.1 Å². The third-order valence-electron chi connectivity index (χ3n) is 3.31. The smallest absolute Gasteiger partial charge is 0.234 e. The molecule has 0 spiro atoms. The molecule has 0 radical (unpaired) electrons. The number of aromatic nitrogens is 3. The van der Waals surface area contributed by atoms with Crippen molar-refractivity contribution in [2.75, 3.05) is 11.1 Å². The standard InChI is InChI=1S/C17H20N4O2S/c1-4-9-21-15(5-2)19-20-17(21)24-11-16(23)18-14-8-6-7-13(10-14)12(3)22/h4,6-8,10H,1,5,9,11H2,2-3H3,(H,18,23). The van der Waals surface area contributed by atoms with Gasteiger partial charge < -0.3 is 9.88 Å². The van der Waals surface area contributed by atoms with Crippen molar-refractivity contribution in [3.63, 3.8) is 0 Å². The van der Waals surface area contributed by atoms with Crippen molar-refractivity contribution in [1.29, 1.82) is 0 Å². The number of allylic oxidation sites excluding steroid dienone is 1. The van der Waals surface area contributed by atoms with E-state index in [-0.39, 0.29) is 17.4 Å². The van der Waals surface area contributed by atoms with Crippen molar-refractivity contribution in [1.82, 2.24) is 14.8 Å². The minimum absolute atomic E-state index is 0.0369. The Hall–Kier alpha value is -2.41. The first-order chi connectivity index (χ1) is 11.5. The number of aryl methyl sites for hydroxylation is 1. The summed E-state index contributed by atoms with van der Waals surface area (Å²) in [7, 11) is 0. The summed E-state index contributed by atoms with van der Waals surface area (Å²) in [6, 6.07) is 6.88. The van der Waals surface area contributed by atoms with Gasteiger partial charge in [-0.25, -0.2) is 0 Å². The number of anilines is 1. The number of carbonyl (C=O) groups excluding carboxylic acids is 2. The van der Waals surface area contributed by atoms with Crippen LogP contribution in [0.5, 0.6) is 0 Å². The van der Waals surface area contributed by atoms with E-state index in [2.05, 4.69) is 22.1 Å². The number of thioether (sulfide) groups is 1. The minimum Gasteiger partial charge on any atom is -0.325 e. The Balaban J connectivity index is 1.99. The number of amides is 1. The molecule has 6 nitrogen and oxygen atoms in total. The van der Waals surface area contributed by atoms with Crippen LogP contribution in [0, 0.1) is 0 Å². The zero-order valence-corrected chi connectivity index (χ0v) is 14.6. The fourth-order valence-corrected chi connectivity index (χ4v) is 2.91. The van der Waals surface area contributed by atoms with Crippen molar-refractivity contribution < 1.29 is 9.59 Å². The van der Waals surface area contributed by atoms with E-state index < -0.39 is 0 Å². The van der Waals surface area contributed by atoms with Gasteiger partial charge in [-0.1, -0.05) is 36.9 Å². The highest BCUT2D eigenvalue weighted by Crippen LogP contribution is 2.18. The summed E-state index contributed by atoms with van der Waals surface area (Å²) >= 11 is 1.32. The third-order valence-corrected chi connectivity index (χ3v) is 4.27. The van der Waals surface area contributed by atoms with Gasteiger partial charge in [-0.2, -0.15) is 0 Å². The second kappa shape index (κ2) is 8.44. The molecule has 0 unspecified atom stereocenters. The maximum absolute atomic E-state index is 12.1. The molecule has 0 fully saturated rings. The van der Waals surface area contributed by atoms with E-state index in [1.807, 2.05) is 11.5 Å². The molecule has 2 rings (SSSR count). The van der Waals surface area contributed by atoms with Gasteiger partial charge in [0.2, 0.25) is 5.91 Å². The Kier molecular flexibility index (Phi) is 6.31. The van der Waals surface area contributed by atoms with Crippen LogP contribution in [-0.4, -0.2) is 32.2 Å². The molecule has 1 N–H and O–H groups in total. The number of carbonyl (C=O) groups is 2. The minimum atomic E-state index is -0.160. The molecular weight excluding hydrogens is 324 g/mol. The zero-order valence-electron chi connectivity index (χ0n) is 13.8. The van der Waals surface area contributed by atoms with E-state index in [0.717, 1.165) is 12.2 Å². The molecule has 1 heterocycles. The van der Waals surface area contributed by atoms with Crippen LogP contribution in [0.1, 0.15) is 30.0 Å². The van der Waals surface area contributed by atoms with Gasteiger partial charge in [0.25, 0.3) is 0 Å². The lowest BCUT2D eigenvalue weighted by Crippen LogP contribution is -2.15. The summed E-state index contributed by atoms with van der Waals surface area (Å²) in [6.45, 7) is 7.85. The maximum atomic E-state index is 12.1. The fourth-order valence-electron chi connectivity index (χ4n) is 2.14. The van der Waals surface area contributed by atoms with Crippen molar-refractivity contribution in [3.8, 4) is 0 Å². The van der Waals surface area contributed by atoms with E-state index in [4.69, 9.17) is 0 Å². The Labute approximate surface area is 145 Å². The van der Waals surface area contributed by atoms with Crippen molar-refractivity contribution >= 4 is 29.1 Å². The van der Waals surface area contributed by atoms with Crippen molar-refractivity contribution in [2.24, 2.45) is 0 Å². The number of hydrogen-bond donors (Lipinski definition) is 1. The lowest BCUT2D eigenvalue weighted by molar-refractivity contribution is -0.113. The fraction of sp³-hybridized carbons (Fsp3) is 0.294. The number of nitrogens with one attached hydrogen (secondary N) is 1. The summed E-state index contributed by atoms with van der Waals surface area (Å²) in [4.78, 5) is 23.5. The molecule has 1 aromatic carbocycles. The van der Waals surface area contributed by atoms with Crippen LogP contribution in [0.2, 0.25) is 0 Å². The number of benzene rings is 1. The molecule has 0 aliphatic carbocycles. The largest absolute Gasteiger partial charge is 0.325 e. The zero-order chi connectivity index (χ0) is 17.5. The molecule has 126 valence electrons. The van der Waals surface area contributed by atoms with Crippen LogP contribution in [0.25, 0.3) is 0 Å². The molecule has 1 amide bonds. The Morgan fingerprint density at radius 2 is 2.17 bits per heavy atom. The molecule has 7 heteroatoms. The summed E-state index contributed by atoms with van der Waals surface area (Å²) in [5, 5.41) is 11.7. The topological polar surface area (TPSA) is 76.9 Å². The molecule has 1 aromatic heterocycles. The van der Waals surface area contributed by atoms with E-state index in [1.54, 1.807) is 30.3 Å². The lowest BCUT2D eigenvalue weighted by atomic mass is 10.1. The summed E-state index contributed by atoms with van der Waals surface area (Å²) in [5.41, 5.74) is 1.17. The Bertz CT molecular complexity index is 755. The number of rotatable bonds is 8.